The van der Waals surface area contributed by atoms with Crippen LogP contribution in [0.1, 0.15) is 8.22 Å². The van der Waals surface area contributed by atoms with Gasteiger partial charge in [-0.2, -0.15) is 0 Å². The van der Waals surface area contributed by atoms with Crippen molar-refractivity contribution < 1.29 is 17.8 Å². The summed E-state index contributed by atoms with van der Waals surface area (Å²) in [4.78, 5) is 24.0. The Bertz CT molecular complexity index is 515. The van der Waals surface area contributed by atoms with Gasteiger partial charge >= 0.3 is 0 Å². The molecule has 0 radical (unpaired) electrons. The lowest BCUT2D eigenvalue weighted by atomic mass is 10.1. The average Bonchev–Trinajstić information content (AvgIpc) is 2.77. The smallest absolute Gasteiger partial charge is 0.172 e. The average molecular weight is 296 g/mol. The summed E-state index contributed by atoms with van der Waals surface area (Å²) in [6.45, 7) is 0. The molecule has 0 saturated heterocycles. The first kappa shape index (κ1) is 6.97. The number of carbonyl (C=O) groups excluding carboxylic acids is 2. The summed E-state index contributed by atoms with van der Waals surface area (Å²) in [5.74, 6) is -0.618. The third kappa shape index (κ3) is 2.39. The van der Waals surface area contributed by atoms with E-state index in [1.54, 1.807) is 0 Å². The molecule has 0 aromatic rings. The highest BCUT2D eigenvalue weighted by Gasteiger charge is 2.40. The molecule has 0 aromatic carbocycles. The van der Waals surface area contributed by atoms with Crippen LogP contribution in [0.25, 0.3) is 0 Å². The fourth-order valence-electron chi connectivity index (χ4n) is 1.36. The summed E-state index contributed by atoms with van der Waals surface area (Å²) >= 11 is 3.34. The molecule has 2 rings (SSSR count). The van der Waals surface area contributed by atoms with E-state index in [2.05, 4.69) is 0 Å². The van der Waals surface area contributed by atoms with Gasteiger partial charge in [0.05, 0.1) is 10.5 Å². The predicted octanol–water partition coefficient (Wildman–Crippen LogP) is 2.76. The summed E-state index contributed by atoms with van der Waals surface area (Å²) < 4.78 is 43.9. The van der Waals surface area contributed by atoms with Gasteiger partial charge < -0.3 is 0 Å². The molecule has 0 fully saturated rings. The highest BCUT2D eigenvalue weighted by molar-refractivity contribution is 8.25. The largest absolute Gasteiger partial charge is 0.293 e. The zero-order chi connectivity index (χ0) is 16.7. The molecule has 2 aliphatic heterocycles. The van der Waals surface area contributed by atoms with Gasteiger partial charge in [0.1, 0.15) is 0 Å². The molecule has 2 nitrogen and oxygen atoms in total. The molecule has 16 heavy (non-hydrogen) atoms. The third-order valence-corrected chi connectivity index (χ3v) is 6.15. The van der Waals surface area contributed by atoms with E-state index < -0.39 is 22.9 Å². The van der Waals surface area contributed by atoms with Gasteiger partial charge in [0.25, 0.3) is 0 Å². The lowest BCUT2D eigenvalue weighted by molar-refractivity contribution is -0.118. The van der Waals surface area contributed by atoms with Crippen molar-refractivity contribution in [3.8, 4) is 0 Å². The second-order valence-electron chi connectivity index (χ2n) is 3.01. The van der Waals surface area contributed by atoms with Crippen LogP contribution in [0.4, 0.5) is 0 Å². The summed E-state index contributed by atoms with van der Waals surface area (Å²) in [5, 5.41) is -1.40. The van der Waals surface area contributed by atoms with Crippen LogP contribution in [0.3, 0.4) is 0 Å². The molecule has 0 aromatic heterocycles. The van der Waals surface area contributed by atoms with Gasteiger partial charge in [-0.25, -0.2) is 0 Å². The molecule has 2 unspecified atom stereocenters. The summed E-state index contributed by atoms with van der Waals surface area (Å²) in [7, 11) is 0. The summed E-state index contributed by atoms with van der Waals surface area (Å²) in [6, 6.07) is 0. The van der Waals surface area contributed by atoms with E-state index in [-0.39, 0.29) is 11.6 Å². The number of hydrogen-bond donors (Lipinski definition) is 0. The van der Waals surface area contributed by atoms with Crippen LogP contribution in [0.2, 0.25) is 0 Å². The number of carbonyl (C=O) groups is 2. The Labute approximate surface area is 120 Å². The van der Waals surface area contributed by atoms with Crippen LogP contribution in [-0.2, 0) is 9.59 Å². The van der Waals surface area contributed by atoms with Crippen molar-refractivity contribution in [2.75, 3.05) is 12.4 Å². The summed E-state index contributed by atoms with van der Waals surface area (Å²) in [6.07, 6.45) is -2.01. The monoisotopic (exact) mass is 296 g/mol. The van der Waals surface area contributed by atoms with Crippen LogP contribution >= 0.6 is 47.0 Å². The van der Waals surface area contributed by atoms with Gasteiger partial charge in [-0.05, 0) is 12.4 Å². The molecule has 0 saturated carbocycles. The fraction of sp³-hybridized carbons (Fsp3) is 0.400. The predicted molar refractivity (Wildman–Crippen MR) is 76.0 cm³/mol. The molecule has 0 spiro atoms. The van der Waals surface area contributed by atoms with E-state index >= 15 is 0 Å². The Morgan fingerprint density at radius 1 is 1.06 bits per heavy atom. The first-order chi connectivity index (χ1) is 9.94. The van der Waals surface area contributed by atoms with Gasteiger partial charge in [-0.15, -0.1) is 47.0 Å². The molecule has 0 N–H and O–H groups in total. The van der Waals surface area contributed by atoms with Gasteiger partial charge in [0.2, 0.25) is 0 Å². The van der Waals surface area contributed by atoms with E-state index in [0.29, 0.717) is 32.0 Å². The number of hydrogen-bond acceptors (Lipinski definition) is 6. The Hall–Kier alpha value is 0.220. The Morgan fingerprint density at radius 3 is 1.88 bits per heavy atom. The van der Waals surface area contributed by atoms with E-state index in [9.17, 15) is 9.59 Å². The maximum absolute atomic E-state index is 12.0. The van der Waals surface area contributed by atoms with Crippen molar-refractivity contribution >= 4 is 58.6 Å². The second kappa shape index (κ2) is 5.25. The Kier molecular flexibility index (Phi) is 2.29. The second-order valence-corrected chi connectivity index (χ2v) is 7.18. The van der Waals surface area contributed by atoms with Crippen LogP contribution in [0, 0.1) is 0 Å². The molecule has 6 heteroatoms. The molecular weight excluding hydrogens is 280 g/mol. The van der Waals surface area contributed by atoms with Crippen LogP contribution < -0.4 is 0 Å². The van der Waals surface area contributed by atoms with Crippen LogP contribution in [0.15, 0.2) is 20.6 Å². The standard InChI is InChI=1S/C10H10O2S4/c1-13-7-3-5(11)9(15-7)10-6(12)4-8(14-2)16-10/h3-4,9-10H,1-2H3/i1D3,2D3. The lowest BCUT2D eigenvalue weighted by Crippen LogP contribution is -2.29. The third-order valence-electron chi connectivity index (χ3n) is 2.04. The molecule has 86 valence electrons. The maximum Gasteiger partial charge on any atom is 0.172 e. The number of allylic oxidation sites excluding steroid dienone is 2. The molecule has 0 amide bonds. The van der Waals surface area contributed by atoms with E-state index in [1.165, 1.54) is 12.2 Å². The van der Waals surface area contributed by atoms with Gasteiger partial charge in [0, 0.05) is 28.9 Å². The van der Waals surface area contributed by atoms with Crippen molar-refractivity contribution in [3.63, 3.8) is 0 Å². The minimum atomic E-state index is -2.25. The van der Waals surface area contributed by atoms with Gasteiger partial charge in [-0.3, -0.25) is 9.59 Å². The zero-order valence-corrected chi connectivity index (χ0v) is 11.0. The van der Waals surface area contributed by atoms with Gasteiger partial charge in [-0.1, -0.05) is 0 Å². The van der Waals surface area contributed by atoms with Crippen molar-refractivity contribution in [1.82, 2.24) is 0 Å². The SMILES string of the molecule is [2H]C([2H])([2H])SC1=CC(=O)C(C2SC(SC([2H])([2H])[2H])=CC2=O)S1. The quantitative estimate of drug-likeness (QED) is 0.796. The van der Waals surface area contributed by atoms with E-state index in [0.717, 1.165) is 23.5 Å². The minimum absolute atomic E-state index is 0.309. The highest BCUT2D eigenvalue weighted by atomic mass is 32.2. The van der Waals surface area contributed by atoms with Crippen molar-refractivity contribution in [3.05, 3.63) is 20.6 Å². The molecule has 2 atom stereocenters. The number of ketones is 2. The number of thioether (sulfide) groups is 4. The number of rotatable bonds is 3. The Balaban J connectivity index is 2.01. The molecule has 0 bridgehead atoms. The van der Waals surface area contributed by atoms with Crippen molar-refractivity contribution in [1.29, 1.82) is 0 Å². The van der Waals surface area contributed by atoms with E-state index in [4.69, 9.17) is 8.22 Å². The molecule has 0 aliphatic carbocycles. The molecular formula is C10H10O2S4. The first-order valence-electron chi connectivity index (χ1n) is 7.17. The maximum atomic E-state index is 12.0. The highest BCUT2D eigenvalue weighted by Crippen LogP contribution is 2.46. The minimum Gasteiger partial charge on any atom is -0.293 e. The topological polar surface area (TPSA) is 34.1 Å². The van der Waals surface area contributed by atoms with Crippen LogP contribution in [0.5, 0.6) is 0 Å². The Morgan fingerprint density at radius 2 is 1.50 bits per heavy atom. The fourth-order valence-corrected chi connectivity index (χ4v) is 4.80. The summed E-state index contributed by atoms with van der Waals surface area (Å²) in [5.41, 5.74) is 0. The normalized spacial score (nSPS) is 36.8. The van der Waals surface area contributed by atoms with E-state index in [1.807, 2.05) is 0 Å². The zero-order valence-electron chi connectivity index (χ0n) is 13.8. The lowest BCUT2D eigenvalue weighted by Gasteiger charge is -2.14. The van der Waals surface area contributed by atoms with Crippen LogP contribution in [-0.4, -0.2) is 34.4 Å². The molecule has 2 aliphatic rings. The van der Waals surface area contributed by atoms with Crippen molar-refractivity contribution in [2.45, 2.75) is 10.5 Å². The van der Waals surface area contributed by atoms with Crippen molar-refractivity contribution in [2.24, 2.45) is 0 Å². The molecule has 2 heterocycles. The first-order valence-corrected chi connectivity index (χ1v) is 7.56. The van der Waals surface area contributed by atoms with Gasteiger partial charge in [0.15, 0.2) is 11.6 Å².